The topological polar surface area (TPSA) is 12.0 Å². The minimum absolute atomic E-state index is 0.396. The van der Waals surface area contributed by atoms with E-state index in [1.54, 1.807) is 6.08 Å². The highest BCUT2D eigenvalue weighted by Crippen LogP contribution is 2.11. The molecule has 0 heterocycles. The summed E-state index contributed by atoms with van der Waals surface area (Å²) in [5.74, 6) is -1.09. The van der Waals surface area contributed by atoms with Crippen LogP contribution in [0, 0.1) is 11.6 Å². The van der Waals surface area contributed by atoms with Crippen molar-refractivity contribution in [3.8, 4) is 0 Å². The maximum Gasteiger partial charge on any atom is 0.126 e. The van der Waals surface area contributed by atoms with E-state index in [1.807, 2.05) is 6.92 Å². The van der Waals surface area contributed by atoms with Crippen molar-refractivity contribution in [2.45, 2.75) is 26.8 Å². The summed E-state index contributed by atoms with van der Waals surface area (Å²) in [5.41, 5.74) is 1.60. The predicted octanol–water partition coefficient (Wildman–Crippen LogP) is 3.37. The predicted molar refractivity (Wildman–Crippen MR) is 63.1 cm³/mol. The van der Waals surface area contributed by atoms with Crippen LogP contribution in [0.15, 0.2) is 23.8 Å². The summed E-state index contributed by atoms with van der Waals surface area (Å²) in [6.07, 6.45) is 1.78. The molecule has 0 radical (unpaired) electrons. The number of hydrogen-bond acceptors (Lipinski definition) is 1. The van der Waals surface area contributed by atoms with Crippen molar-refractivity contribution in [2.75, 3.05) is 6.54 Å². The Balaban J connectivity index is 2.73. The maximum atomic E-state index is 12.9. The first kappa shape index (κ1) is 12.8. The molecular formula is C13H17F2N. The zero-order valence-electron chi connectivity index (χ0n) is 9.85. The second-order valence-electron chi connectivity index (χ2n) is 4.23. The van der Waals surface area contributed by atoms with Crippen LogP contribution >= 0.6 is 0 Å². The molecule has 0 atom stereocenters. The van der Waals surface area contributed by atoms with Gasteiger partial charge in [-0.1, -0.05) is 25.5 Å². The lowest BCUT2D eigenvalue weighted by atomic mass is 10.1. The van der Waals surface area contributed by atoms with Crippen LogP contribution in [-0.4, -0.2) is 12.6 Å². The lowest BCUT2D eigenvalue weighted by Crippen LogP contribution is -2.24. The van der Waals surface area contributed by atoms with Crippen LogP contribution in [0.4, 0.5) is 8.78 Å². The van der Waals surface area contributed by atoms with Crippen molar-refractivity contribution in [3.05, 3.63) is 41.0 Å². The number of halogens is 2. The van der Waals surface area contributed by atoms with E-state index in [2.05, 4.69) is 19.2 Å². The van der Waals surface area contributed by atoms with Crippen molar-refractivity contribution in [3.63, 3.8) is 0 Å². The highest BCUT2D eigenvalue weighted by molar-refractivity contribution is 5.52. The molecule has 88 valence electrons. The van der Waals surface area contributed by atoms with E-state index in [0.717, 1.165) is 18.2 Å². The van der Waals surface area contributed by atoms with Gasteiger partial charge in [-0.2, -0.15) is 0 Å². The molecule has 0 aliphatic carbocycles. The third-order valence-corrected chi connectivity index (χ3v) is 2.09. The van der Waals surface area contributed by atoms with E-state index >= 15 is 0 Å². The minimum Gasteiger partial charge on any atom is -0.311 e. The molecule has 1 aromatic carbocycles. The number of nitrogens with one attached hydrogen (secondary N) is 1. The Morgan fingerprint density at radius 1 is 1.25 bits per heavy atom. The Morgan fingerprint density at radius 2 is 1.81 bits per heavy atom. The fraction of sp³-hybridized carbons (Fsp3) is 0.385. The Bertz CT molecular complexity index is 363. The second-order valence-corrected chi connectivity index (χ2v) is 4.23. The molecule has 0 saturated heterocycles. The van der Waals surface area contributed by atoms with E-state index in [0.29, 0.717) is 11.6 Å². The molecule has 0 aromatic heterocycles. The van der Waals surface area contributed by atoms with Gasteiger partial charge in [0, 0.05) is 18.7 Å². The fourth-order valence-electron chi connectivity index (χ4n) is 1.36. The summed E-state index contributed by atoms with van der Waals surface area (Å²) < 4.78 is 25.8. The molecule has 0 saturated carbocycles. The van der Waals surface area contributed by atoms with Gasteiger partial charge in [-0.3, -0.25) is 0 Å². The monoisotopic (exact) mass is 225 g/mol. The third-order valence-electron chi connectivity index (χ3n) is 2.09. The van der Waals surface area contributed by atoms with Gasteiger partial charge in [0.2, 0.25) is 0 Å². The van der Waals surface area contributed by atoms with Crippen LogP contribution in [0.2, 0.25) is 0 Å². The molecule has 0 aliphatic heterocycles. The van der Waals surface area contributed by atoms with Gasteiger partial charge in [-0.25, -0.2) is 8.78 Å². The molecule has 1 N–H and O–H groups in total. The van der Waals surface area contributed by atoms with Gasteiger partial charge in [0.1, 0.15) is 11.6 Å². The standard InChI is InChI=1S/C13H17F2N/c1-9(2)16-8-10(3)4-11-5-12(14)7-13(15)6-11/h4-7,9,16H,8H2,1-3H3/b10-4+. The van der Waals surface area contributed by atoms with E-state index in [9.17, 15) is 8.78 Å². The number of hydrogen-bond donors (Lipinski definition) is 1. The molecule has 0 aliphatic rings. The summed E-state index contributed by atoms with van der Waals surface area (Å²) in [5, 5.41) is 3.24. The first-order valence-corrected chi connectivity index (χ1v) is 5.34. The van der Waals surface area contributed by atoms with E-state index in [-0.39, 0.29) is 0 Å². The molecule has 0 spiro atoms. The van der Waals surface area contributed by atoms with Gasteiger partial charge < -0.3 is 5.32 Å². The molecule has 1 aromatic rings. The fourth-order valence-corrected chi connectivity index (χ4v) is 1.36. The van der Waals surface area contributed by atoms with Crippen molar-refractivity contribution >= 4 is 6.08 Å². The van der Waals surface area contributed by atoms with E-state index < -0.39 is 11.6 Å². The number of benzene rings is 1. The summed E-state index contributed by atoms with van der Waals surface area (Å²) >= 11 is 0. The molecule has 0 bridgehead atoms. The summed E-state index contributed by atoms with van der Waals surface area (Å²) in [4.78, 5) is 0. The summed E-state index contributed by atoms with van der Waals surface area (Å²) in [7, 11) is 0. The average Bonchev–Trinajstić information content (AvgIpc) is 2.12. The summed E-state index contributed by atoms with van der Waals surface area (Å²) in [6.45, 7) is 6.75. The highest BCUT2D eigenvalue weighted by Gasteiger charge is 1.99. The lowest BCUT2D eigenvalue weighted by molar-refractivity contribution is 0.582. The first-order chi connectivity index (χ1) is 7.47. The quantitative estimate of drug-likeness (QED) is 0.828. The van der Waals surface area contributed by atoms with Crippen LogP contribution in [0.5, 0.6) is 0 Å². The van der Waals surface area contributed by atoms with Gasteiger partial charge in [0.05, 0.1) is 0 Å². The van der Waals surface area contributed by atoms with Gasteiger partial charge in [-0.15, -0.1) is 0 Å². The van der Waals surface area contributed by atoms with Crippen molar-refractivity contribution in [1.29, 1.82) is 0 Å². The van der Waals surface area contributed by atoms with Crippen LogP contribution in [-0.2, 0) is 0 Å². The maximum absolute atomic E-state index is 12.9. The zero-order chi connectivity index (χ0) is 12.1. The van der Waals surface area contributed by atoms with Crippen molar-refractivity contribution in [1.82, 2.24) is 5.32 Å². The smallest absolute Gasteiger partial charge is 0.126 e. The van der Waals surface area contributed by atoms with Gasteiger partial charge in [0.25, 0.3) is 0 Å². The first-order valence-electron chi connectivity index (χ1n) is 5.34. The molecule has 3 heteroatoms. The molecule has 0 amide bonds. The molecule has 1 rings (SSSR count). The third kappa shape index (κ3) is 4.53. The Hall–Kier alpha value is -1.22. The SMILES string of the molecule is C/C(=C\c1cc(F)cc(F)c1)CNC(C)C. The van der Waals surface area contributed by atoms with Crippen LogP contribution in [0.25, 0.3) is 6.08 Å². The number of rotatable bonds is 4. The van der Waals surface area contributed by atoms with Gasteiger partial charge in [-0.05, 0) is 24.6 Å². The largest absolute Gasteiger partial charge is 0.311 e. The minimum atomic E-state index is -0.545. The van der Waals surface area contributed by atoms with Crippen molar-refractivity contribution in [2.24, 2.45) is 0 Å². The van der Waals surface area contributed by atoms with Crippen LogP contribution in [0.1, 0.15) is 26.3 Å². The molecular weight excluding hydrogens is 208 g/mol. The van der Waals surface area contributed by atoms with Crippen LogP contribution in [0.3, 0.4) is 0 Å². The summed E-state index contributed by atoms with van der Waals surface area (Å²) in [6, 6.07) is 3.91. The van der Waals surface area contributed by atoms with E-state index in [1.165, 1.54) is 12.1 Å². The second kappa shape index (κ2) is 5.75. The molecule has 0 unspecified atom stereocenters. The molecule has 16 heavy (non-hydrogen) atoms. The Morgan fingerprint density at radius 3 is 2.31 bits per heavy atom. The Kier molecular flexibility index (Phi) is 4.62. The zero-order valence-corrected chi connectivity index (χ0v) is 9.85. The normalized spacial score (nSPS) is 12.2. The molecule has 1 nitrogen and oxygen atoms in total. The van der Waals surface area contributed by atoms with Gasteiger partial charge >= 0.3 is 0 Å². The molecule has 0 fully saturated rings. The lowest BCUT2D eigenvalue weighted by Gasteiger charge is -2.08. The Labute approximate surface area is 95.2 Å². The average molecular weight is 225 g/mol. The van der Waals surface area contributed by atoms with Crippen molar-refractivity contribution < 1.29 is 8.78 Å². The van der Waals surface area contributed by atoms with Crippen LogP contribution < -0.4 is 5.32 Å². The van der Waals surface area contributed by atoms with Gasteiger partial charge in [0.15, 0.2) is 0 Å². The van der Waals surface area contributed by atoms with E-state index in [4.69, 9.17) is 0 Å². The highest BCUT2D eigenvalue weighted by atomic mass is 19.1.